The normalized spacial score (nSPS) is 19.2. The molecule has 0 saturated carbocycles. The summed E-state index contributed by atoms with van der Waals surface area (Å²) in [4.78, 5) is 39.8. The number of anilines is 1. The maximum Gasteiger partial charge on any atom is 0.370 e. The number of hydroxylamine groups is 2. The monoisotopic (exact) mass is 1350 g/mol. The van der Waals surface area contributed by atoms with Crippen LogP contribution in [0, 0.1) is 0 Å². The minimum Gasteiger partial charge on any atom is -0.744 e. The van der Waals surface area contributed by atoms with Crippen LogP contribution in [0.1, 0.15) is 69.1 Å². The highest BCUT2D eigenvalue weighted by Crippen LogP contribution is 2.54. The van der Waals surface area contributed by atoms with E-state index in [-0.39, 0.29) is 120 Å². The van der Waals surface area contributed by atoms with Crippen LogP contribution in [0.2, 0.25) is 0 Å². The molecule has 3 aliphatic heterocycles. The van der Waals surface area contributed by atoms with Crippen LogP contribution in [0.4, 0.5) is 11.4 Å². The van der Waals surface area contributed by atoms with E-state index in [9.17, 15) is 92.2 Å². The van der Waals surface area contributed by atoms with Crippen molar-refractivity contribution in [2.24, 2.45) is 0 Å². The summed E-state index contributed by atoms with van der Waals surface area (Å²) in [5.41, 5.74) is -0.740. The molecule has 28 nitrogen and oxygen atoms in total. The molecule has 0 spiro atoms. The van der Waals surface area contributed by atoms with Crippen LogP contribution in [-0.4, -0.2) is 170 Å². The summed E-state index contributed by atoms with van der Waals surface area (Å²) in [6.07, 6.45) is 5.48. The Morgan fingerprint density at radius 1 is 0.663 bits per heavy atom. The van der Waals surface area contributed by atoms with E-state index in [1.54, 1.807) is 47.6 Å². The van der Waals surface area contributed by atoms with Crippen LogP contribution in [0.5, 0.6) is 5.75 Å². The van der Waals surface area contributed by atoms with E-state index in [0.717, 1.165) is 12.1 Å². The van der Waals surface area contributed by atoms with Gasteiger partial charge in [-0.1, -0.05) is 24.3 Å². The van der Waals surface area contributed by atoms with Gasteiger partial charge in [0.1, 0.15) is 32.2 Å². The summed E-state index contributed by atoms with van der Waals surface area (Å²) in [7, 11) is -27.5. The van der Waals surface area contributed by atoms with Crippen LogP contribution in [-0.2, 0) is 100 Å². The molecule has 89 heavy (non-hydrogen) atoms. The predicted molar refractivity (Wildman–Crippen MR) is 317 cm³/mol. The molecule has 1 fully saturated rings. The molecule has 480 valence electrons. The van der Waals surface area contributed by atoms with Gasteiger partial charge in [-0.05, 0) is 121 Å². The molecule has 3 aliphatic rings. The topological polar surface area (TPSA) is 427 Å². The molecule has 3 heterocycles. The summed E-state index contributed by atoms with van der Waals surface area (Å²) >= 11 is 0. The maximum atomic E-state index is 13.0. The number of methoxy groups -OCH3 is 2. The van der Waals surface area contributed by atoms with Crippen molar-refractivity contribution in [2.45, 2.75) is 82.8 Å². The Kier molecular flexibility index (Phi) is 19.4. The second kappa shape index (κ2) is 25.4. The number of benzene rings is 5. The van der Waals surface area contributed by atoms with Gasteiger partial charge in [-0.15, -0.1) is 5.06 Å². The van der Waals surface area contributed by atoms with Crippen molar-refractivity contribution in [3.8, 4) is 5.75 Å². The Balaban J connectivity index is 1.40. The lowest BCUT2D eigenvalue weighted by molar-refractivity contribution is -0.437. The molecule has 0 aromatic heterocycles. The van der Waals surface area contributed by atoms with Crippen molar-refractivity contribution in [1.29, 1.82) is 0 Å². The highest BCUT2D eigenvalue weighted by molar-refractivity contribution is 7.87. The second-order valence-electron chi connectivity index (χ2n) is 21.3. The van der Waals surface area contributed by atoms with Crippen LogP contribution >= 0.6 is 0 Å². The SMILES string of the molecule is COCCC1(C)C(/C=C/C(=C/C=C2/N(CCCS(=O)(=O)O)c3ccc4c(S(=O)(=O)O)cc(S(=O)(=O)[O-])cc4c3C2(C)CCOC)c2ccc(OCC(=O)ON3C(=O)CCC3=O)cc2)=[N+](CCCS(=O)(=O)O)c2ccc3c(S(=O)(=O)O)cc(S(=O)(=O)O)cc3c21. The number of fused-ring (bicyclic) bond motifs is 6. The first-order chi connectivity index (χ1) is 41.3. The fourth-order valence-corrected chi connectivity index (χ4v) is 15.0. The van der Waals surface area contributed by atoms with Crippen molar-refractivity contribution in [3.63, 3.8) is 0 Å². The van der Waals surface area contributed by atoms with Crippen LogP contribution in [0.25, 0.3) is 27.1 Å². The third kappa shape index (κ3) is 14.8. The highest BCUT2D eigenvalue weighted by atomic mass is 32.2. The predicted octanol–water partition coefficient (Wildman–Crippen LogP) is 4.91. The zero-order valence-electron chi connectivity index (χ0n) is 47.6. The summed E-state index contributed by atoms with van der Waals surface area (Å²) in [6.45, 7) is 2.07. The molecular weight excluding hydrogens is 1300 g/mol. The zero-order chi connectivity index (χ0) is 65.6. The quantitative estimate of drug-likeness (QED) is 0.0212. The second-order valence-corrected chi connectivity index (χ2v) is 30.0. The molecule has 2 unspecified atom stereocenters. The van der Waals surface area contributed by atoms with Crippen LogP contribution < -0.4 is 9.64 Å². The van der Waals surface area contributed by atoms with Gasteiger partial charge in [0.15, 0.2) is 12.3 Å². The van der Waals surface area contributed by atoms with Gasteiger partial charge < -0.3 is 28.5 Å². The van der Waals surface area contributed by atoms with Crippen molar-refractivity contribution in [2.75, 3.05) is 63.5 Å². The number of rotatable bonds is 26. The Hall–Kier alpha value is -6.90. The summed E-state index contributed by atoms with van der Waals surface area (Å²) < 4.78 is 234. The molecule has 0 aliphatic carbocycles. The number of hydrogen-bond acceptors (Lipinski definition) is 21. The van der Waals surface area contributed by atoms with Crippen molar-refractivity contribution < 1.29 is 116 Å². The van der Waals surface area contributed by atoms with Gasteiger partial charge >= 0.3 is 5.97 Å². The lowest BCUT2D eigenvalue weighted by Gasteiger charge is -2.31. The fraction of sp³-hybridized carbons (Fsp3) is 0.345. The van der Waals surface area contributed by atoms with E-state index < -0.39 is 127 Å². The minimum absolute atomic E-state index is 0.00151. The average molecular weight is 1350 g/mol. The molecule has 2 atom stereocenters. The van der Waals surface area contributed by atoms with E-state index in [0.29, 0.717) is 34.2 Å². The molecule has 5 aromatic carbocycles. The zero-order valence-corrected chi connectivity index (χ0v) is 52.5. The van der Waals surface area contributed by atoms with E-state index in [1.807, 2.05) is 0 Å². The van der Waals surface area contributed by atoms with E-state index >= 15 is 0 Å². The lowest BCUT2D eigenvalue weighted by atomic mass is 9.74. The molecule has 1 saturated heterocycles. The molecule has 34 heteroatoms. The summed E-state index contributed by atoms with van der Waals surface area (Å²) in [5.74, 6) is -4.03. The first-order valence-corrected chi connectivity index (χ1v) is 35.6. The lowest BCUT2D eigenvalue weighted by Crippen LogP contribution is -2.33. The first kappa shape index (κ1) is 68.0. The number of carbonyl (C=O) groups excluding carboxylic acids is 3. The van der Waals surface area contributed by atoms with Crippen molar-refractivity contribution in [3.05, 3.63) is 119 Å². The molecule has 2 amide bonds. The molecule has 8 rings (SSSR count). The maximum absolute atomic E-state index is 13.0. The van der Waals surface area contributed by atoms with Crippen molar-refractivity contribution >= 4 is 123 Å². The number of hydrogen-bond donors (Lipinski definition) is 5. The Morgan fingerprint density at radius 3 is 1.75 bits per heavy atom. The molecule has 0 bridgehead atoms. The molecule has 5 N–H and O–H groups in total. The van der Waals surface area contributed by atoms with Gasteiger partial charge in [0.05, 0.1) is 26.7 Å². The van der Waals surface area contributed by atoms with Gasteiger partial charge in [0.2, 0.25) is 5.69 Å². The largest absolute Gasteiger partial charge is 0.744 e. The number of carbonyl (C=O) groups is 3. The van der Waals surface area contributed by atoms with E-state index in [1.165, 1.54) is 62.8 Å². The first-order valence-electron chi connectivity index (χ1n) is 26.6. The number of nitrogens with zero attached hydrogens (tertiary/aromatic N) is 3. The standard InChI is InChI=1S/C55H59N3O25S6/c1-54(21-25-80-3)47(56(23-5-27-84(62,63)64)43-15-13-39-41(52(43)54)29-37(86(68,69)70)31-45(39)88(74,75)76)17-9-35(34-7-11-36(12-8-34)82-33-51(61)83-58-49(59)19-20-50(58)60)10-18-48-55(2,22-26-81-4)53-42-30-38(87(71,72)73)32-46(89(77,78)79)40(42)14-16-44(53)57(48)24-6-28-85(65,66)67/h7-18,29-32H,5-6,19-28,33H2,1-4H3,(H5-,62,63,64,65,66,67,68,69,70,71,72,73,74,75,76,77,78,79). The smallest absolute Gasteiger partial charge is 0.370 e. The van der Waals surface area contributed by atoms with E-state index in [2.05, 4.69) is 0 Å². The number of ether oxygens (including phenoxy) is 3. The molecule has 0 radical (unpaired) electrons. The van der Waals surface area contributed by atoms with Crippen LogP contribution in [0.15, 0.2) is 122 Å². The minimum atomic E-state index is -5.43. The fourth-order valence-electron chi connectivity index (χ4n) is 11.4. The van der Waals surface area contributed by atoms with E-state index in [4.69, 9.17) is 19.0 Å². The molecular formula is C55H59N3O25S6. The van der Waals surface area contributed by atoms with Crippen LogP contribution in [0.3, 0.4) is 0 Å². The summed E-state index contributed by atoms with van der Waals surface area (Å²) in [6, 6.07) is 14.4. The van der Waals surface area contributed by atoms with Gasteiger partial charge in [-0.2, -0.15) is 46.7 Å². The number of imide groups is 1. The third-order valence-corrected chi connectivity index (χ3v) is 20.4. The number of allylic oxidation sites excluding steroid dienone is 6. The Labute approximate surface area is 512 Å². The van der Waals surface area contributed by atoms with Crippen molar-refractivity contribution in [1.82, 2.24) is 5.06 Å². The van der Waals surface area contributed by atoms with Gasteiger partial charge in [-0.3, -0.25) is 32.4 Å². The Morgan fingerprint density at radius 2 is 1.20 bits per heavy atom. The molecule has 5 aromatic rings. The number of amides is 2. The highest BCUT2D eigenvalue weighted by Gasteiger charge is 2.50. The van der Waals surface area contributed by atoms with Gasteiger partial charge in [0, 0.05) is 98.5 Å². The Bertz CT molecular complexity index is 4590. The average Bonchev–Trinajstić information content (AvgIpc) is 1.61. The van der Waals surface area contributed by atoms with Gasteiger partial charge in [0.25, 0.3) is 62.4 Å². The third-order valence-electron chi connectivity index (χ3n) is 15.4. The summed E-state index contributed by atoms with van der Waals surface area (Å²) in [5, 5.41) is -0.275. The van der Waals surface area contributed by atoms with Gasteiger partial charge in [-0.25, -0.2) is 13.2 Å².